The van der Waals surface area contributed by atoms with Crippen LogP contribution in [-0.2, 0) is 0 Å². The highest BCUT2D eigenvalue weighted by Crippen LogP contribution is 2.43. The molecule has 1 saturated heterocycles. The highest BCUT2D eigenvalue weighted by molar-refractivity contribution is 6.36. The first-order valence-corrected chi connectivity index (χ1v) is 7.95. The van der Waals surface area contributed by atoms with Crippen LogP contribution < -0.4 is 10.1 Å². The molecule has 0 radical (unpaired) electrons. The molecule has 2 nitrogen and oxygen atoms in total. The second kappa shape index (κ2) is 5.20. The summed E-state index contributed by atoms with van der Waals surface area (Å²) >= 11 is 12.3. The molecule has 1 N–H and O–H groups in total. The maximum atomic E-state index is 6.32. The van der Waals surface area contributed by atoms with Crippen LogP contribution in [0, 0.1) is 0 Å². The Morgan fingerprint density at radius 3 is 2.86 bits per heavy atom. The Bertz CT molecular complexity index is 701. The zero-order valence-corrected chi connectivity index (χ0v) is 12.9. The van der Waals surface area contributed by atoms with E-state index in [-0.39, 0.29) is 0 Å². The van der Waals surface area contributed by atoms with E-state index in [1.807, 2.05) is 12.1 Å². The Balaban J connectivity index is 1.76. The number of nitrogens with one attached hydrogen (secondary N) is 1. The average molecular weight is 320 g/mol. The second-order valence-corrected chi connectivity index (χ2v) is 6.48. The van der Waals surface area contributed by atoms with Crippen LogP contribution in [0.15, 0.2) is 36.4 Å². The van der Waals surface area contributed by atoms with E-state index in [1.165, 1.54) is 5.56 Å². The zero-order valence-electron chi connectivity index (χ0n) is 11.4. The first-order valence-electron chi connectivity index (χ1n) is 7.19. The van der Waals surface area contributed by atoms with E-state index in [2.05, 4.69) is 23.5 Å². The maximum absolute atomic E-state index is 6.32. The van der Waals surface area contributed by atoms with Gasteiger partial charge in [0.1, 0.15) is 11.9 Å². The van der Waals surface area contributed by atoms with Crippen LogP contribution in [0.5, 0.6) is 5.75 Å². The molecule has 4 heteroatoms. The Labute approximate surface area is 134 Å². The number of piperidine rings is 1. The van der Waals surface area contributed by atoms with Crippen molar-refractivity contribution in [2.45, 2.75) is 18.4 Å². The van der Waals surface area contributed by atoms with Gasteiger partial charge >= 0.3 is 0 Å². The van der Waals surface area contributed by atoms with Crippen LogP contribution in [0.2, 0.25) is 10.0 Å². The van der Waals surface area contributed by atoms with Crippen molar-refractivity contribution in [2.75, 3.05) is 13.1 Å². The summed E-state index contributed by atoms with van der Waals surface area (Å²) in [7, 11) is 0. The monoisotopic (exact) mass is 319 g/mol. The van der Waals surface area contributed by atoms with Crippen LogP contribution in [-0.4, -0.2) is 19.2 Å². The highest BCUT2D eigenvalue weighted by atomic mass is 35.5. The number of hydrogen-bond donors (Lipinski definition) is 1. The maximum Gasteiger partial charge on any atom is 0.123 e. The minimum atomic E-state index is 0.317. The molecule has 21 heavy (non-hydrogen) atoms. The molecule has 2 unspecified atom stereocenters. The van der Waals surface area contributed by atoms with Gasteiger partial charge in [-0.15, -0.1) is 0 Å². The third-order valence-corrected chi connectivity index (χ3v) is 4.90. The first-order chi connectivity index (χ1) is 10.2. The van der Waals surface area contributed by atoms with E-state index in [9.17, 15) is 0 Å². The Morgan fingerprint density at radius 1 is 1.10 bits per heavy atom. The molecule has 0 saturated carbocycles. The average Bonchev–Trinajstić information content (AvgIpc) is 2.85. The fraction of sp³-hybridized carbons (Fsp3) is 0.294. The summed E-state index contributed by atoms with van der Waals surface area (Å²) in [6, 6.07) is 12.0. The molecule has 108 valence electrons. The molecular weight excluding hydrogens is 305 g/mol. The molecule has 0 bridgehead atoms. The van der Waals surface area contributed by atoms with Crippen LogP contribution in [0.4, 0.5) is 0 Å². The molecule has 2 aromatic carbocycles. The summed E-state index contributed by atoms with van der Waals surface area (Å²) in [5, 5.41) is 4.79. The van der Waals surface area contributed by atoms with Crippen LogP contribution in [0.1, 0.15) is 17.9 Å². The molecule has 2 aromatic rings. The van der Waals surface area contributed by atoms with E-state index in [0.29, 0.717) is 22.1 Å². The van der Waals surface area contributed by atoms with Gasteiger partial charge in [0.25, 0.3) is 0 Å². The van der Waals surface area contributed by atoms with Gasteiger partial charge in [-0.1, -0.05) is 35.3 Å². The van der Waals surface area contributed by atoms with Crippen molar-refractivity contribution in [1.82, 2.24) is 5.32 Å². The zero-order chi connectivity index (χ0) is 14.4. The summed E-state index contributed by atoms with van der Waals surface area (Å²) in [5.74, 6) is 1.46. The molecule has 4 rings (SSSR count). The number of rotatable bonds is 1. The van der Waals surface area contributed by atoms with Gasteiger partial charge < -0.3 is 10.1 Å². The normalized spacial score (nSPS) is 23.3. The van der Waals surface area contributed by atoms with E-state index in [0.717, 1.165) is 36.4 Å². The van der Waals surface area contributed by atoms with Gasteiger partial charge in [-0.3, -0.25) is 0 Å². The molecule has 2 atom stereocenters. The number of fused-ring (bicyclic) bond motifs is 3. The summed E-state index contributed by atoms with van der Waals surface area (Å²) in [6.45, 7) is 2.01. The number of ether oxygens (including phenoxy) is 1. The third-order valence-electron chi connectivity index (χ3n) is 4.35. The van der Waals surface area contributed by atoms with Crippen LogP contribution in [0.25, 0.3) is 11.1 Å². The van der Waals surface area contributed by atoms with E-state index < -0.39 is 0 Å². The lowest BCUT2D eigenvalue weighted by Gasteiger charge is -2.24. The van der Waals surface area contributed by atoms with Crippen LogP contribution >= 0.6 is 23.2 Å². The van der Waals surface area contributed by atoms with Crippen molar-refractivity contribution < 1.29 is 4.74 Å². The second-order valence-electron chi connectivity index (χ2n) is 5.63. The standard InChI is InChI=1S/C17H15Cl2NO/c18-11-2-3-12(15(19)8-11)10-1-4-16-13(7-10)14-9-20-6-5-17(14)21-16/h1-4,7-8,14,17,20H,5-6,9H2. The van der Waals surface area contributed by atoms with Crippen molar-refractivity contribution in [3.05, 3.63) is 52.0 Å². The molecule has 0 aromatic heterocycles. The SMILES string of the molecule is Clc1ccc(-c2ccc3c(c2)C2CNCCC2O3)c(Cl)c1. The van der Waals surface area contributed by atoms with E-state index >= 15 is 0 Å². The summed E-state index contributed by atoms with van der Waals surface area (Å²) in [5.41, 5.74) is 3.41. The van der Waals surface area contributed by atoms with Gasteiger partial charge in [0.2, 0.25) is 0 Å². The Hall–Kier alpha value is -1.22. The van der Waals surface area contributed by atoms with Gasteiger partial charge in [0.15, 0.2) is 0 Å². The third kappa shape index (κ3) is 2.32. The summed E-state index contributed by atoms with van der Waals surface area (Å²) in [6.07, 6.45) is 1.38. The molecule has 2 heterocycles. The van der Waals surface area contributed by atoms with Gasteiger partial charge in [0, 0.05) is 33.6 Å². The minimum Gasteiger partial charge on any atom is -0.489 e. The Kier molecular flexibility index (Phi) is 3.33. The van der Waals surface area contributed by atoms with E-state index in [4.69, 9.17) is 27.9 Å². The van der Waals surface area contributed by atoms with E-state index in [1.54, 1.807) is 6.07 Å². The largest absolute Gasteiger partial charge is 0.489 e. The van der Waals surface area contributed by atoms with Crippen molar-refractivity contribution in [2.24, 2.45) is 0 Å². The van der Waals surface area contributed by atoms with Crippen molar-refractivity contribution in [3.8, 4) is 16.9 Å². The molecule has 0 aliphatic carbocycles. The lowest BCUT2D eigenvalue weighted by molar-refractivity contribution is 0.172. The van der Waals surface area contributed by atoms with Crippen LogP contribution in [0.3, 0.4) is 0 Å². The molecule has 2 aliphatic rings. The van der Waals surface area contributed by atoms with Crippen molar-refractivity contribution >= 4 is 23.2 Å². The predicted molar refractivity (Wildman–Crippen MR) is 86.5 cm³/mol. The summed E-state index contributed by atoms with van der Waals surface area (Å²) < 4.78 is 6.06. The molecule has 1 fully saturated rings. The topological polar surface area (TPSA) is 21.3 Å². The van der Waals surface area contributed by atoms with Gasteiger partial charge in [-0.2, -0.15) is 0 Å². The smallest absolute Gasteiger partial charge is 0.123 e. The van der Waals surface area contributed by atoms with Gasteiger partial charge in [-0.05, 0) is 42.8 Å². The fourth-order valence-electron chi connectivity index (χ4n) is 3.29. The molecule has 0 spiro atoms. The number of hydrogen-bond acceptors (Lipinski definition) is 2. The predicted octanol–water partition coefficient (Wildman–Crippen LogP) is 4.50. The van der Waals surface area contributed by atoms with Crippen molar-refractivity contribution in [1.29, 1.82) is 0 Å². The Morgan fingerprint density at radius 2 is 2.00 bits per heavy atom. The number of halogens is 2. The van der Waals surface area contributed by atoms with Gasteiger partial charge in [0.05, 0.1) is 0 Å². The molecule has 2 aliphatic heterocycles. The summed E-state index contributed by atoms with van der Waals surface area (Å²) in [4.78, 5) is 0. The molecular formula is C17H15Cl2NO. The van der Waals surface area contributed by atoms with Crippen molar-refractivity contribution in [3.63, 3.8) is 0 Å². The number of benzene rings is 2. The lowest BCUT2D eigenvalue weighted by atomic mass is 9.89. The lowest BCUT2D eigenvalue weighted by Crippen LogP contribution is -2.37. The first kappa shape index (κ1) is 13.4. The molecule has 0 amide bonds. The highest BCUT2D eigenvalue weighted by Gasteiger charge is 2.36. The fourth-order valence-corrected chi connectivity index (χ4v) is 3.80. The minimum absolute atomic E-state index is 0.317. The van der Waals surface area contributed by atoms with Gasteiger partial charge in [-0.25, -0.2) is 0 Å². The quantitative estimate of drug-likeness (QED) is 0.835.